The van der Waals surface area contributed by atoms with Crippen LogP contribution in [-0.2, 0) is 46.3 Å². The lowest BCUT2D eigenvalue weighted by Gasteiger charge is -2.43. The van der Waals surface area contributed by atoms with Crippen LogP contribution in [0, 0.1) is 11.8 Å². The quantitative estimate of drug-likeness (QED) is 0.0330. The van der Waals surface area contributed by atoms with Gasteiger partial charge in [0.15, 0.2) is 29.4 Å². The largest absolute Gasteiger partial charge is 0.497 e. The van der Waals surface area contributed by atoms with Crippen LogP contribution < -0.4 is 49.4 Å². The Labute approximate surface area is 679 Å². The summed E-state index contributed by atoms with van der Waals surface area (Å²) < 4.78 is 5.32. The number of guanidine groups is 4. The molecule has 13 N–H and O–H groups in total. The summed E-state index contributed by atoms with van der Waals surface area (Å²) in [5, 5.41) is 8.77. The molecule has 7 aromatic carbocycles. The van der Waals surface area contributed by atoms with E-state index in [0.717, 1.165) is 77.8 Å². The first-order chi connectivity index (χ1) is 55.6. The summed E-state index contributed by atoms with van der Waals surface area (Å²) in [7, 11) is 6.59. The molecule has 6 aliphatic heterocycles. The number of anilines is 1. The minimum absolute atomic E-state index is 0.00654. The number of carbonyl (C=O) groups excluding carboxylic acids is 8. The van der Waals surface area contributed by atoms with Crippen molar-refractivity contribution in [2.75, 3.05) is 72.8 Å². The smallest absolute Gasteiger partial charge is 0.317 e. The minimum atomic E-state index is -1.19. The molecule has 3 fully saturated rings. The summed E-state index contributed by atoms with van der Waals surface area (Å²) in [6.07, 6.45) is 8.08. The van der Waals surface area contributed by atoms with E-state index < -0.39 is 28.2 Å². The number of rotatable bonds is 20. The average molecular weight is 1580 g/mol. The van der Waals surface area contributed by atoms with E-state index in [0.29, 0.717) is 88.4 Å². The first-order valence-electron chi connectivity index (χ1n) is 39.8. The molecule has 0 radical (unpaired) electrons. The summed E-state index contributed by atoms with van der Waals surface area (Å²) in [4.78, 5) is 128. The zero-order chi connectivity index (χ0) is 83.1. The summed E-state index contributed by atoms with van der Waals surface area (Å²) in [5.41, 5.74) is 35.3. The maximum Gasteiger partial charge on any atom is 0.317 e. The molecule has 0 bridgehead atoms. The molecule has 1 saturated carbocycles. The summed E-state index contributed by atoms with van der Waals surface area (Å²) in [5.74, 6) is 1.69. The predicted molar refractivity (Wildman–Crippen MR) is 451 cm³/mol. The predicted octanol–water partition coefficient (Wildman–Crippen LogP) is 9.03. The summed E-state index contributed by atoms with van der Waals surface area (Å²) in [6.45, 7) is 10.8. The third-order valence-corrected chi connectivity index (χ3v) is 23.2. The Hall–Kier alpha value is -12.3. The molecule has 9 amide bonds. The van der Waals surface area contributed by atoms with Crippen LogP contribution in [0.4, 0.5) is 10.5 Å². The number of hydrogen-bond acceptors (Lipinski definition) is 18. The van der Waals surface area contributed by atoms with Crippen LogP contribution in [0.3, 0.4) is 0 Å². The molecule has 27 nitrogen and oxygen atoms in total. The van der Waals surface area contributed by atoms with Crippen LogP contribution in [0.1, 0.15) is 142 Å². The number of carbonyl (C=O) groups is 8. The van der Waals surface area contributed by atoms with E-state index in [-0.39, 0.29) is 95.5 Å². The lowest BCUT2D eigenvalue weighted by Crippen LogP contribution is -2.55. The highest BCUT2D eigenvalue weighted by Gasteiger charge is 2.51. The van der Waals surface area contributed by atoms with Gasteiger partial charge in [-0.15, -0.1) is 0 Å². The van der Waals surface area contributed by atoms with E-state index >= 15 is 0 Å². The van der Waals surface area contributed by atoms with Gasteiger partial charge in [0.2, 0.25) is 29.5 Å². The van der Waals surface area contributed by atoms with Crippen LogP contribution in [0.2, 0.25) is 0 Å². The second kappa shape index (κ2) is 37.3. The number of nitrogens with two attached hydrogens (primary N) is 5. The molecule has 6 heterocycles. The molecule has 2 saturated heterocycles. The van der Waals surface area contributed by atoms with Gasteiger partial charge in [0.1, 0.15) is 5.75 Å². The molecule has 0 aromatic heterocycles. The normalized spacial score (nSPS) is 23.1. The molecule has 7 aliphatic rings. The van der Waals surface area contributed by atoms with Crippen molar-refractivity contribution in [1.82, 2.24) is 40.0 Å². The third kappa shape index (κ3) is 19.9. The Bertz CT molecular complexity index is 4780. The zero-order valence-electron chi connectivity index (χ0n) is 67.6. The SMILES string of the molecule is CC(=O)Nc1cccc(C(=O)N2CCCC([C@]3(C)CC(=O)N(C)C(N)=N3)C2)c1.CC[C@@]1(c2cccc(-c3cccc(OC)c3)c2)CC(=O)N(C)C(N)=N1.CN1C(=O)C[C@@](C)(C2CCCN(C(=O)N[C@@H]3C[C@H]3c3ccccc3)C2)N=C1N.NC1=NC(c2ccccc2)(c2ccccc2)C(=O)N1CCCCNC(=O)[C@@H](N)Cc1ccccc1. The number of urea groups is 1. The van der Waals surface area contributed by atoms with Crippen LogP contribution in [-0.4, -0.2) is 191 Å². The van der Waals surface area contributed by atoms with Crippen LogP contribution in [0.5, 0.6) is 5.75 Å². The molecule has 1 aliphatic carbocycles. The number of amides is 9. The molecule has 7 aromatic rings. The van der Waals surface area contributed by atoms with E-state index in [1.807, 2.05) is 177 Å². The van der Waals surface area contributed by atoms with Gasteiger partial charge in [-0.2, -0.15) is 0 Å². The maximum absolute atomic E-state index is 13.7. The molecule has 0 spiro atoms. The molecule has 2 unspecified atom stereocenters. The zero-order valence-corrected chi connectivity index (χ0v) is 67.6. The Morgan fingerprint density at radius 2 is 1.09 bits per heavy atom. The second-order valence-corrected chi connectivity index (χ2v) is 31.3. The number of nitrogens with zero attached hydrogens (tertiary/aromatic N) is 10. The first-order valence-corrected chi connectivity index (χ1v) is 39.8. The van der Waals surface area contributed by atoms with Gasteiger partial charge in [0, 0.05) is 102 Å². The van der Waals surface area contributed by atoms with Gasteiger partial charge in [0.05, 0.1) is 49.0 Å². The fourth-order valence-corrected chi connectivity index (χ4v) is 16.0. The van der Waals surface area contributed by atoms with E-state index in [9.17, 15) is 38.4 Å². The molecule has 116 heavy (non-hydrogen) atoms. The molecule has 27 heteroatoms. The van der Waals surface area contributed by atoms with Gasteiger partial charge in [0.25, 0.3) is 11.8 Å². The third-order valence-electron chi connectivity index (χ3n) is 23.2. The monoisotopic (exact) mass is 1570 g/mol. The summed E-state index contributed by atoms with van der Waals surface area (Å²) in [6, 6.07) is 61.6. The number of ether oxygens (including phenoxy) is 1. The van der Waals surface area contributed by atoms with Crippen molar-refractivity contribution in [1.29, 1.82) is 0 Å². The average Bonchev–Trinajstić information content (AvgIpc) is 1.58. The van der Waals surface area contributed by atoms with Crippen molar-refractivity contribution >= 4 is 76.9 Å². The second-order valence-electron chi connectivity index (χ2n) is 31.3. The number of piperidine rings is 2. The minimum Gasteiger partial charge on any atom is -0.497 e. The standard InChI is InChI=1S/C28H31N5O2.C21H29N5O2.C20H27N5O3.C20H23N3O2/c29-24(20-21-12-4-1-5-13-21)25(34)31-18-10-11-19-33-26(35)28(32-27(33)30,22-14-6-2-7-15-22)23-16-8-3-9-17-23;1-21(12-18(27)25(2)19(22)24-21)15-9-6-10-26(13-15)20(28)23-17-11-16(17)14-7-4-3-5-8-14;1-13(26)22-16-8-4-6-14(10-16)18(28)25-9-5-7-15(12-25)20(2)11-17(27)24(3)19(21)23-20;1-4-20(13-18(24)23(2)19(21)22-20)16-9-5-7-14(11-16)15-8-6-10-17(12-15)25-3/h1-9,12-17,24H,10-11,18-20,29H2,(H2,30,32)(H,31,34);3-5,7-8,15-17H,6,9-13H2,1-2H3,(H2,22,24)(H,23,28);4,6,8,10,15H,5,7,9,11-12H2,1-3H3,(H2,21,23)(H,22,26);5-12H,4,13H2,1-3H3,(H2,21,22)/t24-;15?,16-,17+,21-;15?,20-;20-/m0000/s1. The van der Waals surface area contributed by atoms with Gasteiger partial charge in [-0.1, -0.05) is 165 Å². The van der Waals surface area contributed by atoms with Crippen molar-refractivity contribution in [2.24, 2.45) is 60.5 Å². The van der Waals surface area contributed by atoms with Crippen molar-refractivity contribution < 1.29 is 43.1 Å². The number of nitrogens with one attached hydrogen (secondary N) is 3. The van der Waals surface area contributed by atoms with Crippen LogP contribution >= 0.6 is 0 Å². The van der Waals surface area contributed by atoms with Crippen molar-refractivity contribution in [3.05, 3.63) is 228 Å². The molecule has 8 atom stereocenters. The Balaban J connectivity index is 0.000000153. The molecule has 14 rings (SSSR count). The number of benzene rings is 7. The van der Waals surface area contributed by atoms with E-state index in [1.165, 1.54) is 27.2 Å². The maximum atomic E-state index is 13.7. The number of aliphatic imine (C=N–C) groups is 4. The first kappa shape index (κ1) is 84.6. The Morgan fingerprint density at radius 1 is 0.578 bits per heavy atom. The fraction of sp³-hybridized carbons (Fsp3) is 0.393. The van der Waals surface area contributed by atoms with Crippen LogP contribution in [0.25, 0.3) is 11.1 Å². The van der Waals surface area contributed by atoms with Gasteiger partial charge < -0.3 is 59.2 Å². The highest BCUT2D eigenvalue weighted by atomic mass is 16.5. The van der Waals surface area contributed by atoms with Gasteiger partial charge in [-0.05, 0) is 147 Å². The highest BCUT2D eigenvalue weighted by molar-refractivity contribution is 6.09. The van der Waals surface area contributed by atoms with Gasteiger partial charge >= 0.3 is 6.03 Å². The van der Waals surface area contributed by atoms with Gasteiger partial charge in [-0.3, -0.25) is 53.2 Å². The number of hydrogen-bond donors (Lipinski definition) is 8. The number of methoxy groups -OCH3 is 1. The van der Waals surface area contributed by atoms with E-state index in [1.54, 1.807) is 62.3 Å². The lowest BCUT2D eigenvalue weighted by molar-refractivity contribution is -0.130. The number of unbranched alkanes of at least 4 members (excludes halogenated alkanes) is 1. The van der Waals surface area contributed by atoms with Crippen molar-refractivity contribution in [3.8, 4) is 16.9 Å². The fourth-order valence-electron chi connectivity index (χ4n) is 16.0. The lowest BCUT2D eigenvalue weighted by atomic mass is 9.77. The van der Waals surface area contributed by atoms with Crippen molar-refractivity contribution in [2.45, 2.75) is 145 Å². The molecule has 610 valence electrons. The number of likely N-dealkylation sites (tertiary alicyclic amines) is 2. The Kier molecular flexibility index (Phi) is 27.3. The van der Waals surface area contributed by atoms with E-state index in [2.05, 4.69) is 49.1 Å². The summed E-state index contributed by atoms with van der Waals surface area (Å²) >= 11 is 0. The van der Waals surface area contributed by atoms with E-state index in [4.69, 9.17) is 38.4 Å². The molecular formula is C89H110N18O9. The molecular weight excluding hydrogens is 1470 g/mol. The van der Waals surface area contributed by atoms with Gasteiger partial charge in [-0.25, -0.2) is 24.8 Å². The van der Waals surface area contributed by atoms with Crippen molar-refractivity contribution in [3.63, 3.8) is 0 Å². The Morgan fingerprint density at radius 3 is 1.66 bits per heavy atom. The highest BCUT2D eigenvalue weighted by Crippen LogP contribution is 2.44. The van der Waals surface area contributed by atoms with Crippen LogP contribution in [0.15, 0.2) is 214 Å². The topological polar surface area (TPSA) is 381 Å².